The van der Waals surface area contributed by atoms with Crippen LogP contribution in [0.2, 0.25) is 0 Å². The molecule has 6 heteroatoms. The van der Waals surface area contributed by atoms with Gasteiger partial charge in [0, 0.05) is 30.9 Å². The third kappa shape index (κ3) is 2.05. The van der Waals surface area contributed by atoms with Gasteiger partial charge in [-0.15, -0.1) is 0 Å². The number of hydrogen-bond donors (Lipinski definition) is 2. The SMILES string of the molecule is O=c1nc(N2CCOCC2)c2c([nH]1)CNCC2. The molecular formula is C11H16N4O2. The first-order valence-electron chi connectivity index (χ1n) is 6.00. The molecule has 17 heavy (non-hydrogen) atoms. The van der Waals surface area contributed by atoms with E-state index in [1.54, 1.807) is 0 Å². The zero-order valence-corrected chi connectivity index (χ0v) is 9.66. The first-order valence-corrected chi connectivity index (χ1v) is 6.00. The molecule has 0 aromatic carbocycles. The van der Waals surface area contributed by atoms with Crippen molar-refractivity contribution in [3.8, 4) is 0 Å². The van der Waals surface area contributed by atoms with Crippen LogP contribution >= 0.6 is 0 Å². The maximum Gasteiger partial charge on any atom is 0.347 e. The summed E-state index contributed by atoms with van der Waals surface area (Å²) >= 11 is 0. The van der Waals surface area contributed by atoms with Gasteiger partial charge in [-0.2, -0.15) is 4.98 Å². The van der Waals surface area contributed by atoms with Crippen LogP contribution in [0.1, 0.15) is 11.3 Å². The van der Waals surface area contributed by atoms with Crippen LogP contribution in [-0.4, -0.2) is 42.8 Å². The minimum atomic E-state index is -0.256. The van der Waals surface area contributed by atoms with E-state index in [0.717, 1.165) is 44.1 Å². The average Bonchev–Trinajstić information content (AvgIpc) is 2.39. The van der Waals surface area contributed by atoms with Gasteiger partial charge in [-0.05, 0) is 13.0 Å². The lowest BCUT2D eigenvalue weighted by Crippen LogP contribution is -2.40. The fourth-order valence-corrected chi connectivity index (χ4v) is 2.41. The van der Waals surface area contributed by atoms with Crippen molar-refractivity contribution in [2.24, 2.45) is 0 Å². The van der Waals surface area contributed by atoms with E-state index in [1.165, 1.54) is 5.56 Å². The number of H-pyrrole nitrogens is 1. The van der Waals surface area contributed by atoms with E-state index in [-0.39, 0.29) is 5.69 Å². The number of aromatic nitrogens is 2. The van der Waals surface area contributed by atoms with Crippen molar-refractivity contribution in [1.82, 2.24) is 15.3 Å². The molecule has 1 aromatic rings. The summed E-state index contributed by atoms with van der Waals surface area (Å²) in [6, 6.07) is 0. The average molecular weight is 236 g/mol. The maximum absolute atomic E-state index is 11.6. The molecule has 0 atom stereocenters. The van der Waals surface area contributed by atoms with Crippen LogP contribution in [0.3, 0.4) is 0 Å². The Balaban J connectivity index is 2.01. The zero-order valence-electron chi connectivity index (χ0n) is 9.66. The summed E-state index contributed by atoms with van der Waals surface area (Å²) in [5, 5.41) is 3.26. The maximum atomic E-state index is 11.6. The second kappa shape index (κ2) is 4.46. The van der Waals surface area contributed by atoms with Crippen LogP contribution in [0.4, 0.5) is 5.82 Å². The van der Waals surface area contributed by atoms with E-state index >= 15 is 0 Å². The largest absolute Gasteiger partial charge is 0.378 e. The molecule has 0 bridgehead atoms. The molecule has 3 rings (SSSR count). The van der Waals surface area contributed by atoms with E-state index in [4.69, 9.17) is 4.74 Å². The smallest absolute Gasteiger partial charge is 0.347 e. The van der Waals surface area contributed by atoms with Crippen molar-refractivity contribution in [3.05, 3.63) is 21.7 Å². The summed E-state index contributed by atoms with van der Waals surface area (Å²) in [7, 11) is 0. The highest BCUT2D eigenvalue weighted by atomic mass is 16.5. The molecule has 0 spiro atoms. The molecule has 1 aromatic heterocycles. The number of hydrogen-bond acceptors (Lipinski definition) is 5. The number of fused-ring (bicyclic) bond motifs is 1. The quantitative estimate of drug-likeness (QED) is 0.671. The molecule has 0 amide bonds. The molecule has 0 unspecified atom stereocenters. The van der Waals surface area contributed by atoms with Crippen LogP contribution in [-0.2, 0) is 17.7 Å². The van der Waals surface area contributed by atoms with Crippen molar-refractivity contribution in [1.29, 1.82) is 0 Å². The minimum absolute atomic E-state index is 0.256. The predicted molar refractivity (Wildman–Crippen MR) is 63.3 cm³/mol. The Bertz CT molecular complexity index is 465. The lowest BCUT2D eigenvalue weighted by molar-refractivity contribution is 0.122. The van der Waals surface area contributed by atoms with Gasteiger partial charge in [0.1, 0.15) is 5.82 Å². The van der Waals surface area contributed by atoms with Gasteiger partial charge in [0.25, 0.3) is 0 Å². The number of aromatic amines is 1. The molecule has 0 aliphatic carbocycles. The molecule has 0 saturated carbocycles. The summed E-state index contributed by atoms with van der Waals surface area (Å²) < 4.78 is 5.33. The van der Waals surface area contributed by atoms with Crippen molar-refractivity contribution < 1.29 is 4.74 Å². The summed E-state index contributed by atoms with van der Waals surface area (Å²) in [5.41, 5.74) is 1.91. The number of nitrogens with zero attached hydrogens (tertiary/aromatic N) is 2. The van der Waals surface area contributed by atoms with Crippen molar-refractivity contribution in [2.45, 2.75) is 13.0 Å². The molecule has 2 N–H and O–H groups in total. The van der Waals surface area contributed by atoms with E-state index in [0.29, 0.717) is 13.2 Å². The second-order valence-electron chi connectivity index (χ2n) is 4.35. The van der Waals surface area contributed by atoms with Gasteiger partial charge in [-0.3, -0.25) is 0 Å². The normalized spacial score (nSPS) is 20.1. The van der Waals surface area contributed by atoms with Crippen LogP contribution < -0.4 is 15.9 Å². The van der Waals surface area contributed by atoms with Gasteiger partial charge in [0.2, 0.25) is 0 Å². The van der Waals surface area contributed by atoms with Gasteiger partial charge < -0.3 is 19.9 Å². The third-order valence-corrected chi connectivity index (χ3v) is 3.26. The number of morpholine rings is 1. The predicted octanol–water partition coefficient (Wildman–Crippen LogP) is -0.748. The van der Waals surface area contributed by atoms with Crippen LogP contribution in [0, 0.1) is 0 Å². The Labute approximate surface area is 99.0 Å². The molecule has 3 heterocycles. The monoisotopic (exact) mass is 236 g/mol. The topological polar surface area (TPSA) is 70.2 Å². The van der Waals surface area contributed by atoms with Gasteiger partial charge in [-0.1, -0.05) is 0 Å². The van der Waals surface area contributed by atoms with E-state index < -0.39 is 0 Å². The first-order chi connectivity index (χ1) is 8.34. The van der Waals surface area contributed by atoms with E-state index in [1.807, 2.05) is 0 Å². The van der Waals surface area contributed by atoms with Gasteiger partial charge in [0.05, 0.1) is 13.2 Å². The summed E-state index contributed by atoms with van der Waals surface area (Å²) in [4.78, 5) is 20.7. The van der Waals surface area contributed by atoms with E-state index in [9.17, 15) is 4.79 Å². The molecule has 0 radical (unpaired) electrons. The molecule has 2 aliphatic rings. The molecule has 92 valence electrons. The van der Waals surface area contributed by atoms with Crippen molar-refractivity contribution in [3.63, 3.8) is 0 Å². The van der Waals surface area contributed by atoms with Crippen LogP contribution in [0.5, 0.6) is 0 Å². The number of ether oxygens (including phenoxy) is 1. The summed E-state index contributed by atoms with van der Waals surface area (Å²) in [5.74, 6) is 0.855. The Morgan fingerprint density at radius 2 is 2.12 bits per heavy atom. The first kappa shape index (κ1) is 10.7. The number of anilines is 1. The summed E-state index contributed by atoms with van der Waals surface area (Å²) in [6.45, 7) is 4.72. The molecule has 1 saturated heterocycles. The lowest BCUT2D eigenvalue weighted by Gasteiger charge is -2.31. The fourth-order valence-electron chi connectivity index (χ4n) is 2.41. The highest BCUT2D eigenvalue weighted by molar-refractivity contribution is 5.49. The van der Waals surface area contributed by atoms with Gasteiger partial charge in [-0.25, -0.2) is 4.79 Å². The highest BCUT2D eigenvalue weighted by Gasteiger charge is 2.21. The molecular weight excluding hydrogens is 220 g/mol. The van der Waals surface area contributed by atoms with Gasteiger partial charge in [0.15, 0.2) is 0 Å². The Hall–Kier alpha value is -1.40. The highest BCUT2D eigenvalue weighted by Crippen LogP contribution is 2.22. The second-order valence-corrected chi connectivity index (χ2v) is 4.35. The standard InChI is InChI=1S/C11H16N4O2/c16-11-13-9-7-12-2-1-8(9)10(14-11)15-3-5-17-6-4-15/h12H,1-7H2,(H,13,14,16). The van der Waals surface area contributed by atoms with Crippen LogP contribution in [0.15, 0.2) is 4.79 Å². The van der Waals surface area contributed by atoms with Crippen molar-refractivity contribution in [2.75, 3.05) is 37.7 Å². The molecule has 6 nitrogen and oxygen atoms in total. The van der Waals surface area contributed by atoms with E-state index in [2.05, 4.69) is 20.2 Å². The van der Waals surface area contributed by atoms with Crippen molar-refractivity contribution >= 4 is 5.82 Å². The Morgan fingerprint density at radius 1 is 1.29 bits per heavy atom. The molecule has 2 aliphatic heterocycles. The number of nitrogens with one attached hydrogen (secondary N) is 2. The minimum Gasteiger partial charge on any atom is -0.378 e. The molecule has 1 fully saturated rings. The Morgan fingerprint density at radius 3 is 2.94 bits per heavy atom. The third-order valence-electron chi connectivity index (χ3n) is 3.26. The lowest BCUT2D eigenvalue weighted by atomic mass is 10.1. The van der Waals surface area contributed by atoms with Crippen LogP contribution in [0.25, 0.3) is 0 Å². The fraction of sp³-hybridized carbons (Fsp3) is 0.636. The number of rotatable bonds is 1. The van der Waals surface area contributed by atoms with Gasteiger partial charge >= 0.3 is 5.69 Å². The summed E-state index contributed by atoms with van der Waals surface area (Å²) in [6.07, 6.45) is 0.922. The Kier molecular flexibility index (Phi) is 2.82. The zero-order chi connectivity index (χ0) is 11.7.